The van der Waals surface area contributed by atoms with Gasteiger partial charge in [-0.15, -0.1) is 0 Å². The van der Waals surface area contributed by atoms with E-state index in [9.17, 15) is 35.2 Å². The standard InChI is InChI=1S/C36H29N5O7.Ni/c42-34(32-12-6-7-21-37-32)39-31-11-5-4-10-30(31)33(27-8-2-1-3-9-27)38-24-36(35(43)44,22-25-13-17-28(18-14-25)40(45)46)23-26-15-19-29(20-16-26)41(47)48;/h1-21,24,33H,22-23H2,(H,39,42)(H,43,44);/q;+2/p-2. The van der Waals surface area contributed by atoms with Crippen LogP contribution < -0.4 is 10.2 Å². The fraction of sp³-hybridized carbons (Fsp3) is 0.111. The average Bonchev–Trinajstić information content (AvgIpc) is 3.10. The molecule has 1 heterocycles. The van der Waals surface area contributed by atoms with Crippen molar-refractivity contribution in [3.8, 4) is 0 Å². The van der Waals surface area contributed by atoms with Gasteiger partial charge < -0.3 is 15.0 Å². The second-order valence-electron chi connectivity index (χ2n) is 10.9. The van der Waals surface area contributed by atoms with Gasteiger partial charge in [0.25, 0.3) is 11.4 Å². The molecule has 12 nitrogen and oxygen atoms in total. The average molecular weight is 700 g/mol. The van der Waals surface area contributed by atoms with E-state index in [1.165, 1.54) is 60.9 Å². The topological polar surface area (TPSA) is 187 Å². The quantitative estimate of drug-likeness (QED) is 0.0555. The summed E-state index contributed by atoms with van der Waals surface area (Å²) in [6.07, 6.45) is 2.44. The van der Waals surface area contributed by atoms with E-state index in [-0.39, 0.29) is 46.4 Å². The summed E-state index contributed by atoms with van der Waals surface area (Å²) in [5.41, 5.74) is 0.449. The van der Waals surface area contributed by atoms with Crippen molar-refractivity contribution in [3.63, 3.8) is 0 Å². The zero-order chi connectivity index (χ0) is 34.1. The van der Waals surface area contributed by atoms with Gasteiger partial charge in [0.2, 0.25) is 0 Å². The first-order valence-corrected chi connectivity index (χ1v) is 14.7. The van der Waals surface area contributed by atoms with Gasteiger partial charge in [-0.1, -0.05) is 78.9 Å². The van der Waals surface area contributed by atoms with Crippen LogP contribution in [0.4, 0.5) is 17.1 Å². The van der Waals surface area contributed by atoms with E-state index < -0.39 is 33.2 Å². The number of carboxylic acids is 1. The van der Waals surface area contributed by atoms with Gasteiger partial charge >= 0.3 is 16.5 Å². The number of aliphatic imine (C=N–C) groups is 2. The second kappa shape index (κ2) is 16.2. The number of carbonyl (C=O) groups is 1. The van der Waals surface area contributed by atoms with Crippen molar-refractivity contribution >= 4 is 35.1 Å². The summed E-state index contributed by atoms with van der Waals surface area (Å²) >= 11 is 0. The van der Waals surface area contributed by atoms with Crippen molar-refractivity contribution in [1.82, 2.24) is 4.98 Å². The Morgan fingerprint density at radius 3 is 1.78 bits per heavy atom. The summed E-state index contributed by atoms with van der Waals surface area (Å²) in [5, 5.41) is 48.7. The third kappa shape index (κ3) is 8.85. The normalized spacial score (nSPS) is 12.2. The van der Waals surface area contributed by atoms with E-state index >= 15 is 0 Å². The van der Waals surface area contributed by atoms with Gasteiger partial charge in [-0.2, -0.15) is 0 Å². The molecule has 0 aliphatic heterocycles. The molecule has 1 atom stereocenters. The van der Waals surface area contributed by atoms with E-state index in [0.29, 0.717) is 27.9 Å². The molecule has 4 aromatic carbocycles. The Hall–Kier alpha value is -6.07. The number of non-ortho nitro benzene ring substituents is 2. The minimum atomic E-state index is -1.81. The Labute approximate surface area is 290 Å². The smallest absolute Gasteiger partial charge is 0.857 e. The number of benzene rings is 4. The number of hydrogen-bond acceptors (Lipinski definition) is 10. The molecule has 49 heavy (non-hydrogen) atoms. The Bertz CT molecular complexity index is 1910. The number of aromatic nitrogens is 1. The number of nitrogens with zero attached hydrogens (tertiary/aromatic N) is 5. The van der Waals surface area contributed by atoms with E-state index in [0.717, 1.165) is 0 Å². The largest absolute Gasteiger partial charge is 2.00 e. The minimum absolute atomic E-state index is 0. The summed E-state index contributed by atoms with van der Waals surface area (Å²) in [4.78, 5) is 47.8. The fourth-order valence-electron chi connectivity index (χ4n) is 5.23. The zero-order valence-corrected chi connectivity index (χ0v) is 26.6. The molecule has 0 radical (unpaired) electrons. The maximum Gasteiger partial charge on any atom is 2.00 e. The van der Waals surface area contributed by atoms with Crippen LogP contribution in [0.1, 0.15) is 34.0 Å². The molecule has 0 N–H and O–H groups in total. The molecule has 0 bridgehead atoms. The second-order valence-corrected chi connectivity index (χ2v) is 10.9. The van der Waals surface area contributed by atoms with Gasteiger partial charge in [0.05, 0.1) is 32.6 Å². The molecule has 1 unspecified atom stereocenters. The third-order valence-corrected chi connectivity index (χ3v) is 7.66. The predicted molar refractivity (Wildman–Crippen MR) is 175 cm³/mol. The number of nitro groups is 2. The van der Waals surface area contributed by atoms with E-state index in [4.69, 9.17) is 4.99 Å². The molecule has 0 amide bonds. The predicted octanol–water partition coefficient (Wildman–Crippen LogP) is 4.72. The van der Waals surface area contributed by atoms with E-state index in [1.807, 2.05) is 18.2 Å². The first kappa shape index (κ1) is 35.8. The number of pyridine rings is 1. The molecule has 0 saturated carbocycles. The Kier molecular flexibility index (Phi) is 11.8. The molecule has 0 fully saturated rings. The van der Waals surface area contributed by atoms with Crippen LogP contribution in [0.25, 0.3) is 0 Å². The minimum Gasteiger partial charge on any atom is -0.857 e. The monoisotopic (exact) mass is 699 g/mol. The van der Waals surface area contributed by atoms with Crippen molar-refractivity contribution in [2.45, 2.75) is 18.9 Å². The van der Waals surface area contributed by atoms with Gasteiger partial charge in [-0.05, 0) is 47.7 Å². The Balaban J connectivity index is 0.00000541. The summed E-state index contributed by atoms with van der Waals surface area (Å²) in [5.74, 6) is -2.04. The number of carbonyl (C=O) groups excluding carboxylic acids is 1. The van der Waals surface area contributed by atoms with E-state index in [1.54, 1.807) is 54.6 Å². The van der Waals surface area contributed by atoms with Crippen LogP contribution in [-0.2, 0) is 34.1 Å². The van der Waals surface area contributed by atoms with Gasteiger partial charge in [-0.3, -0.25) is 35.2 Å². The molecular weight excluding hydrogens is 673 g/mol. The number of aliphatic carboxylic acids is 1. The molecule has 0 spiro atoms. The molecule has 0 aliphatic carbocycles. The number of hydrogen-bond donors (Lipinski definition) is 0. The number of carboxylic acid groups (broad SMARTS) is 1. The first-order chi connectivity index (χ1) is 23.1. The third-order valence-electron chi connectivity index (χ3n) is 7.66. The summed E-state index contributed by atoms with van der Waals surface area (Å²) in [6, 6.07) is 31.0. The number of para-hydroxylation sites is 1. The maximum atomic E-state index is 13.1. The maximum absolute atomic E-state index is 13.1. The van der Waals surface area contributed by atoms with Crippen molar-refractivity contribution < 1.29 is 41.3 Å². The molecular formula is C36H27N5NiO7. The summed E-state index contributed by atoms with van der Waals surface area (Å²) in [6.45, 7) is 0. The Morgan fingerprint density at radius 2 is 1.27 bits per heavy atom. The van der Waals surface area contributed by atoms with Crippen LogP contribution in [0.15, 0.2) is 138 Å². The number of nitro benzene ring substituents is 2. The zero-order valence-electron chi connectivity index (χ0n) is 25.6. The van der Waals surface area contributed by atoms with Gasteiger partial charge in [-0.25, -0.2) is 0 Å². The van der Waals surface area contributed by atoms with Crippen LogP contribution in [0.5, 0.6) is 0 Å². The fourth-order valence-corrected chi connectivity index (χ4v) is 5.23. The van der Waals surface area contributed by atoms with E-state index in [2.05, 4.69) is 9.98 Å². The molecule has 13 heteroatoms. The van der Waals surface area contributed by atoms with Crippen molar-refractivity contribution in [2.24, 2.45) is 15.4 Å². The summed E-state index contributed by atoms with van der Waals surface area (Å²) in [7, 11) is 0. The van der Waals surface area contributed by atoms with Crippen LogP contribution in [0.2, 0.25) is 0 Å². The SMILES string of the molecule is O=C([O-])C(C=NC(c1ccccc1)c1ccccc1N=C([O-])c1ccccn1)(Cc1ccc([N+](=O)[O-])cc1)Cc1ccc([N+](=O)[O-])cc1.[Ni+2]. The van der Waals surface area contributed by atoms with Crippen LogP contribution in [-0.4, -0.2) is 32.9 Å². The number of rotatable bonds is 13. The molecule has 1 aromatic heterocycles. The van der Waals surface area contributed by atoms with Gasteiger partial charge in [0.1, 0.15) is 6.04 Å². The molecule has 248 valence electrons. The van der Waals surface area contributed by atoms with Gasteiger partial charge in [0.15, 0.2) is 0 Å². The molecule has 5 aromatic rings. The Morgan fingerprint density at radius 1 is 0.735 bits per heavy atom. The van der Waals surface area contributed by atoms with Crippen molar-refractivity contribution in [1.29, 1.82) is 0 Å². The molecule has 5 rings (SSSR count). The van der Waals surface area contributed by atoms with Crippen LogP contribution in [0.3, 0.4) is 0 Å². The van der Waals surface area contributed by atoms with Crippen molar-refractivity contribution in [3.05, 3.63) is 176 Å². The first-order valence-electron chi connectivity index (χ1n) is 14.7. The van der Waals surface area contributed by atoms with Crippen LogP contribution in [0, 0.1) is 25.6 Å². The molecule has 0 saturated heterocycles. The molecule has 0 aliphatic rings. The summed E-state index contributed by atoms with van der Waals surface area (Å²) < 4.78 is 0. The van der Waals surface area contributed by atoms with Gasteiger partial charge in [0, 0.05) is 48.1 Å². The van der Waals surface area contributed by atoms with Crippen LogP contribution >= 0.6 is 0 Å². The van der Waals surface area contributed by atoms with Crippen molar-refractivity contribution in [2.75, 3.05) is 0 Å².